The standard InChI is InChI=1S/C32H36FN5O5/c33-22-11-12-24-21(16-22)18-27(36-24)31(42)38-26(15-19-7-3-1-4-8-19)30(41)37-25(17-20-13-14-34-29(20)40)28(39)32(43)35-23-9-5-2-6-10-23/h1,3-4,7-8,11-12,16,18,20,23,25-26,36H,2,5-6,9-10,13-15,17H2,(H,34,40)(H,35,43)(H,37,41)(H,38,42)/t20-,25?,26-/m0/s1. The highest BCUT2D eigenvalue weighted by Gasteiger charge is 2.36. The van der Waals surface area contributed by atoms with E-state index in [1.165, 1.54) is 24.3 Å². The Morgan fingerprint density at radius 2 is 1.67 bits per heavy atom. The number of nitrogens with one attached hydrogen (secondary N) is 5. The molecule has 3 aromatic rings. The monoisotopic (exact) mass is 589 g/mol. The minimum Gasteiger partial charge on any atom is -0.356 e. The molecule has 2 aromatic carbocycles. The fourth-order valence-corrected chi connectivity index (χ4v) is 5.84. The molecule has 1 aromatic heterocycles. The van der Waals surface area contributed by atoms with Gasteiger partial charge in [-0.15, -0.1) is 0 Å². The van der Waals surface area contributed by atoms with Crippen LogP contribution in [0, 0.1) is 11.7 Å². The summed E-state index contributed by atoms with van der Waals surface area (Å²) in [6.07, 6.45) is 5.13. The third-order valence-corrected chi connectivity index (χ3v) is 8.21. The third kappa shape index (κ3) is 7.65. The van der Waals surface area contributed by atoms with Gasteiger partial charge in [0, 0.05) is 35.8 Å². The van der Waals surface area contributed by atoms with Crippen molar-refractivity contribution in [3.63, 3.8) is 0 Å². The van der Waals surface area contributed by atoms with Crippen LogP contribution >= 0.6 is 0 Å². The molecule has 1 unspecified atom stereocenters. The van der Waals surface area contributed by atoms with Crippen molar-refractivity contribution in [2.24, 2.45) is 5.92 Å². The van der Waals surface area contributed by atoms with Gasteiger partial charge in [-0.05, 0) is 55.5 Å². The number of benzene rings is 2. The maximum Gasteiger partial charge on any atom is 0.289 e. The predicted molar refractivity (Wildman–Crippen MR) is 157 cm³/mol. The molecule has 1 saturated heterocycles. The second kappa shape index (κ2) is 13.6. The molecule has 1 aliphatic heterocycles. The lowest BCUT2D eigenvalue weighted by Crippen LogP contribution is -2.55. The van der Waals surface area contributed by atoms with Crippen LogP contribution in [0.15, 0.2) is 54.6 Å². The van der Waals surface area contributed by atoms with E-state index >= 15 is 0 Å². The lowest BCUT2D eigenvalue weighted by Gasteiger charge is -2.26. The van der Waals surface area contributed by atoms with Crippen LogP contribution in [0.4, 0.5) is 4.39 Å². The molecule has 2 aliphatic rings. The van der Waals surface area contributed by atoms with Gasteiger partial charge >= 0.3 is 0 Å². The Morgan fingerprint density at radius 3 is 2.40 bits per heavy atom. The van der Waals surface area contributed by atoms with Gasteiger partial charge in [0.05, 0.1) is 6.04 Å². The minimum absolute atomic E-state index is 0.0337. The number of fused-ring (bicyclic) bond motifs is 1. The molecule has 0 radical (unpaired) electrons. The fourth-order valence-electron chi connectivity index (χ4n) is 5.84. The van der Waals surface area contributed by atoms with Crippen molar-refractivity contribution >= 4 is 40.3 Å². The number of amides is 4. The normalized spacial score (nSPS) is 18.4. The van der Waals surface area contributed by atoms with Crippen LogP contribution in [-0.2, 0) is 25.6 Å². The van der Waals surface area contributed by atoms with Crippen molar-refractivity contribution in [3.05, 3.63) is 71.7 Å². The fraction of sp³-hybridized carbons (Fsp3) is 0.406. The second-order valence-electron chi connectivity index (χ2n) is 11.4. The number of hydrogen-bond acceptors (Lipinski definition) is 5. The average Bonchev–Trinajstić information content (AvgIpc) is 3.62. The molecular weight excluding hydrogens is 553 g/mol. The van der Waals surface area contributed by atoms with Crippen LogP contribution in [0.3, 0.4) is 0 Å². The van der Waals surface area contributed by atoms with Gasteiger partial charge < -0.3 is 26.3 Å². The van der Waals surface area contributed by atoms with Crippen molar-refractivity contribution in [1.82, 2.24) is 26.3 Å². The number of Topliss-reactive ketones (excluding diaryl/α,β-unsaturated/α-hetero) is 1. The van der Waals surface area contributed by atoms with Crippen LogP contribution < -0.4 is 21.3 Å². The van der Waals surface area contributed by atoms with Crippen molar-refractivity contribution in [2.45, 2.75) is 69.5 Å². The number of rotatable bonds is 11. The van der Waals surface area contributed by atoms with Gasteiger partial charge in [0.15, 0.2) is 0 Å². The van der Waals surface area contributed by atoms with Crippen molar-refractivity contribution in [2.75, 3.05) is 6.54 Å². The van der Waals surface area contributed by atoms with Gasteiger partial charge in [0.2, 0.25) is 17.6 Å². The topological polar surface area (TPSA) is 149 Å². The van der Waals surface area contributed by atoms with Crippen molar-refractivity contribution < 1.29 is 28.4 Å². The van der Waals surface area contributed by atoms with Crippen molar-refractivity contribution in [1.29, 1.82) is 0 Å². The number of ketones is 1. The average molecular weight is 590 g/mol. The number of carbonyl (C=O) groups excluding carboxylic acids is 5. The highest BCUT2D eigenvalue weighted by molar-refractivity contribution is 6.38. The van der Waals surface area contributed by atoms with Crippen LogP contribution in [0.5, 0.6) is 0 Å². The van der Waals surface area contributed by atoms with Gasteiger partial charge in [0.25, 0.3) is 11.8 Å². The first-order valence-electron chi connectivity index (χ1n) is 14.8. The Hall–Kier alpha value is -4.54. The molecule has 1 saturated carbocycles. The Morgan fingerprint density at radius 1 is 0.907 bits per heavy atom. The zero-order valence-electron chi connectivity index (χ0n) is 23.8. The summed E-state index contributed by atoms with van der Waals surface area (Å²) in [5.41, 5.74) is 1.45. The number of aromatic nitrogens is 1. The molecule has 3 atom stereocenters. The third-order valence-electron chi connectivity index (χ3n) is 8.21. The summed E-state index contributed by atoms with van der Waals surface area (Å²) in [7, 11) is 0. The van der Waals surface area contributed by atoms with Gasteiger partial charge in [-0.3, -0.25) is 24.0 Å². The van der Waals surface area contributed by atoms with E-state index in [2.05, 4.69) is 26.3 Å². The Bertz CT molecular complexity index is 1500. The number of hydrogen-bond donors (Lipinski definition) is 5. The van der Waals surface area contributed by atoms with E-state index in [1.807, 2.05) is 6.07 Å². The Kier molecular flexibility index (Phi) is 9.48. The van der Waals surface area contributed by atoms with Crippen molar-refractivity contribution in [3.8, 4) is 0 Å². The largest absolute Gasteiger partial charge is 0.356 e. The van der Waals surface area contributed by atoms with Crippen LogP contribution in [0.25, 0.3) is 10.9 Å². The molecule has 2 heterocycles. The number of H-pyrrole nitrogens is 1. The summed E-state index contributed by atoms with van der Waals surface area (Å²) in [5, 5.41) is 11.5. The van der Waals surface area contributed by atoms with E-state index in [9.17, 15) is 28.4 Å². The number of aromatic amines is 1. The smallest absolute Gasteiger partial charge is 0.289 e. The Labute approximate surface area is 248 Å². The van der Waals surface area contributed by atoms with Gasteiger partial charge in [-0.2, -0.15) is 0 Å². The SMILES string of the molecule is O=C(NC1CCCCC1)C(=O)C(C[C@@H]1CCNC1=O)NC(=O)[C@H](Cc1ccccc1)NC(=O)c1cc2cc(F)ccc2[nH]1. The predicted octanol–water partition coefficient (Wildman–Crippen LogP) is 2.68. The molecule has 0 bridgehead atoms. The van der Waals surface area contributed by atoms with Gasteiger partial charge in [0.1, 0.15) is 17.6 Å². The summed E-state index contributed by atoms with van der Waals surface area (Å²) in [4.78, 5) is 68.7. The van der Waals surface area contributed by atoms with E-state index in [0.717, 1.165) is 37.7 Å². The van der Waals surface area contributed by atoms with Crippen LogP contribution in [0.2, 0.25) is 0 Å². The summed E-state index contributed by atoms with van der Waals surface area (Å²) in [6, 6.07) is 12.2. The molecule has 10 nitrogen and oxygen atoms in total. The molecule has 11 heteroatoms. The van der Waals surface area contributed by atoms with Gasteiger partial charge in [-0.25, -0.2) is 4.39 Å². The number of halogens is 1. The first-order chi connectivity index (χ1) is 20.8. The van der Waals surface area contributed by atoms with E-state index in [0.29, 0.717) is 23.9 Å². The second-order valence-corrected chi connectivity index (χ2v) is 11.4. The first-order valence-corrected chi connectivity index (χ1v) is 14.8. The molecule has 5 N–H and O–H groups in total. The van der Waals surface area contributed by atoms with E-state index in [1.54, 1.807) is 24.3 Å². The summed E-state index contributed by atoms with van der Waals surface area (Å²) in [6.45, 7) is 0.452. The van der Waals surface area contributed by atoms with Crippen LogP contribution in [-0.4, -0.2) is 59.1 Å². The van der Waals surface area contributed by atoms with E-state index in [-0.39, 0.29) is 30.5 Å². The molecule has 4 amide bonds. The molecule has 2 fully saturated rings. The summed E-state index contributed by atoms with van der Waals surface area (Å²) < 4.78 is 13.7. The first kappa shape index (κ1) is 29.9. The molecule has 43 heavy (non-hydrogen) atoms. The lowest BCUT2D eigenvalue weighted by atomic mass is 9.93. The van der Waals surface area contributed by atoms with Gasteiger partial charge in [-0.1, -0.05) is 49.6 Å². The van der Waals surface area contributed by atoms with E-state index < -0.39 is 47.3 Å². The zero-order chi connectivity index (χ0) is 30.3. The highest BCUT2D eigenvalue weighted by atomic mass is 19.1. The molecular formula is C32H36FN5O5. The number of carbonyl (C=O) groups is 5. The quantitative estimate of drug-likeness (QED) is 0.218. The van der Waals surface area contributed by atoms with E-state index in [4.69, 9.17) is 0 Å². The Balaban J connectivity index is 1.35. The highest BCUT2D eigenvalue weighted by Crippen LogP contribution is 2.20. The zero-order valence-corrected chi connectivity index (χ0v) is 23.8. The summed E-state index contributed by atoms with van der Waals surface area (Å²) >= 11 is 0. The maximum absolute atomic E-state index is 13.7. The molecule has 5 rings (SSSR count). The van der Waals surface area contributed by atoms with Crippen LogP contribution in [0.1, 0.15) is 61.0 Å². The summed E-state index contributed by atoms with van der Waals surface area (Å²) in [5.74, 6) is -4.08. The molecule has 1 aliphatic carbocycles. The molecule has 226 valence electrons. The minimum atomic E-state index is -1.25. The maximum atomic E-state index is 13.7. The molecule has 0 spiro atoms. The lowest BCUT2D eigenvalue weighted by molar-refractivity contribution is -0.141.